The number of unbranched alkanes of at least 4 members (excludes halogenated alkanes) is 1. The number of aldehydes is 1. The van der Waals surface area contributed by atoms with Crippen LogP contribution in [0.5, 0.6) is 0 Å². The fourth-order valence-electron chi connectivity index (χ4n) is 2.05. The van der Waals surface area contributed by atoms with Gasteiger partial charge >= 0.3 is 0 Å². The molecule has 0 aromatic carbocycles. The Morgan fingerprint density at radius 2 is 1.96 bits per heavy atom. The van der Waals surface area contributed by atoms with Crippen LogP contribution in [0.25, 0.3) is 0 Å². The highest BCUT2D eigenvalue weighted by molar-refractivity contribution is 6.19. The Balaban J connectivity index is 4.20. The minimum absolute atomic E-state index is 0.114. The second-order valence-electron chi connectivity index (χ2n) is 7.47. The quantitative estimate of drug-likeness (QED) is 0.174. The third-order valence-corrected chi connectivity index (χ3v) is 4.60. The molecule has 0 aromatic heterocycles. The lowest BCUT2D eigenvalue weighted by atomic mass is 9.90. The van der Waals surface area contributed by atoms with Crippen molar-refractivity contribution >= 4 is 17.9 Å². The van der Waals surface area contributed by atoms with Gasteiger partial charge in [-0.05, 0) is 37.2 Å². The van der Waals surface area contributed by atoms with Gasteiger partial charge in [0.15, 0.2) is 0 Å². The minimum Gasteiger partial charge on any atom is -0.378 e. The predicted molar refractivity (Wildman–Crippen MR) is 104 cm³/mol. The van der Waals surface area contributed by atoms with Crippen LogP contribution in [0.3, 0.4) is 0 Å². The number of allylic oxidation sites excluding steroid dienone is 2. The highest BCUT2D eigenvalue weighted by Gasteiger charge is 2.20. The van der Waals surface area contributed by atoms with Crippen LogP contribution in [0.2, 0.25) is 0 Å². The molecule has 0 rings (SSSR count). The van der Waals surface area contributed by atoms with Gasteiger partial charge in [-0.2, -0.15) is 5.26 Å². The standard InChI is InChI=1S/C21H32ClNO2/c1-17(9-6-7-14-25-18(2)21(3,4)5)10-8-11-19(15-22)20(16-23)12-13-24/h13,17-18H,6-7,9,11-12,14-15H2,1-5H3/b20-19+/t17-,18?/m0/s1. The summed E-state index contributed by atoms with van der Waals surface area (Å²) >= 11 is 5.86. The molecule has 0 saturated carbocycles. The van der Waals surface area contributed by atoms with Gasteiger partial charge in [-0.3, -0.25) is 0 Å². The maximum Gasteiger partial charge on any atom is 0.125 e. The Morgan fingerprint density at radius 3 is 2.48 bits per heavy atom. The predicted octanol–water partition coefficient (Wildman–Crippen LogP) is 5.29. The summed E-state index contributed by atoms with van der Waals surface area (Å²) in [6.07, 6.45) is 4.70. The van der Waals surface area contributed by atoms with Crippen molar-refractivity contribution in [3.63, 3.8) is 0 Å². The zero-order valence-corrected chi connectivity index (χ0v) is 17.1. The second-order valence-corrected chi connectivity index (χ2v) is 7.74. The van der Waals surface area contributed by atoms with Gasteiger partial charge < -0.3 is 9.53 Å². The molecule has 0 N–H and O–H groups in total. The van der Waals surface area contributed by atoms with Gasteiger partial charge in [-0.25, -0.2) is 0 Å². The third-order valence-electron chi connectivity index (χ3n) is 4.28. The lowest BCUT2D eigenvalue weighted by Gasteiger charge is -2.27. The van der Waals surface area contributed by atoms with E-state index in [-0.39, 0.29) is 23.8 Å². The lowest BCUT2D eigenvalue weighted by molar-refractivity contribution is -0.107. The Labute approximate surface area is 158 Å². The first-order chi connectivity index (χ1) is 11.8. The molecule has 3 nitrogen and oxygen atoms in total. The van der Waals surface area contributed by atoms with Crippen molar-refractivity contribution in [1.82, 2.24) is 0 Å². The van der Waals surface area contributed by atoms with Gasteiger partial charge in [0.25, 0.3) is 0 Å². The van der Waals surface area contributed by atoms with Gasteiger partial charge in [0, 0.05) is 36.8 Å². The Hall–Kier alpha value is -1.29. The summed E-state index contributed by atoms with van der Waals surface area (Å²) in [6, 6.07) is 2.04. The average molecular weight is 366 g/mol. The molecule has 0 aliphatic rings. The first kappa shape index (κ1) is 23.7. The Bertz CT molecular complexity index is 529. The molecule has 0 heterocycles. The first-order valence-electron chi connectivity index (χ1n) is 8.96. The molecule has 0 aromatic rings. The van der Waals surface area contributed by atoms with E-state index in [1.165, 1.54) is 0 Å². The normalized spacial score (nSPS) is 14.6. The minimum atomic E-state index is 0.114. The van der Waals surface area contributed by atoms with Crippen LogP contribution in [-0.4, -0.2) is 24.9 Å². The third kappa shape index (κ3) is 11.0. The van der Waals surface area contributed by atoms with Crippen molar-refractivity contribution in [2.45, 2.75) is 72.8 Å². The van der Waals surface area contributed by atoms with Gasteiger partial charge in [0.2, 0.25) is 0 Å². The molecule has 0 radical (unpaired) electrons. The fraction of sp³-hybridized carbons (Fsp3) is 0.714. The fourth-order valence-corrected chi connectivity index (χ4v) is 2.31. The first-order valence-corrected chi connectivity index (χ1v) is 9.50. The number of nitrogens with zero attached hydrogens (tertiary/aromatic N) is 1. The SMILES string of the molecule is CC(OCCCC[C@H](C)C#CC/C(CCl)=C(\C#N)CC=O)C(C)(C)C. The van der Waals surface area contributed by atoms with E-state index in [0.29, 0.717) is 17.9 Å². The lowest BCUT2D eigenvalue weighted by Crippen LogP contribution is -2.26. The number of alkyl halides is 1. The summed E-state index contributed by atoms with van der Waals surface area (Å²) < 4.78 is 5.86. The molecule has 0 spiro atoms. The largest absolute Gasteiger partial charge is 0.378 e. The molecule has 0 bridgehead atoms. The van der Waals surface area contributed by atoms with E-state index in [4.69, 9.17) is 21.6 Å². The van der Waals surface area contributed by atoms with E-state index in [0.717, 1.165) is 37.7 Å². The highest BCUT2D eigenvalue weighted by Crippen LogP contribution is 2.22. The molecule has 4 heteroatoms. The summed E-state index contributed by atoms with van der Waals surface area (Å²) in [5.74, 6) is 6.85. The summed E-state index contributed by atoms with van der Waals surface area (Å²) in [7, 11) is 0. The van der Waals surface area contributed by atoms with Crippen molar-refractivity contribution in [2.75, 3.05) is 12.5 Å². The number of hydrogen-bond donors (Lipinski definition) is 0. The highest BCUT2D eigenvalue weighted by atomic mass is 35.5. The van der Waals surface area contributed by atoms with E-state index in [1.54, 1.807) is 0 Å². The van der Waals surface area contributed by atoms with Crippen molar-refractivity contribution in [3.8, 4) is 17.9 Å². The van der Waals surface area contributed by atoms with Crippen LogP contribution in [0, 0.1) is 34.5 Å². The molecule has 0 fully saturated rings. The van der Waals surface area contributed by atoms with Gasteiger partial charge in [-0.15, -0.1) is 11.6 Å². The van der Waals surface area contributed by atoms with Crippen LogP contribution < -0.4 is 0 Å². The number of ether oxygens (including phenoxy) is 1. The smallest absolute Gasteiger partial charge is 0.125 e. The van der Waals surface area contributed by atoms with Crippen LogP contribution in [0.1, 0.15) is 66.7 Å². The molecule has 2 atom stereocenters. The number of hydrogen-bond acceptors (Lipinski definition) is 3. The maximum atomic E-state index is 10.6. The van der Waals surface area contributed by atoms with E-state index < -0.39 is 0 Å². The number of halogens is 1. The van der Waals surface area contributed by atoms with E-state index >= 15 is 0 Å². The van der Waals surface area contributed by atoms with Crippen molar-refractivity contribution in [1.29, 1.82) is 5.26 Å². The van der Waals surface area contributed by atoms with Crippen LogP contribution in [-0.2, 0) is 9.53 Å². The summed E-state index contributed by atoms with van der Waals surface area (Å²) in [5.41, 5.74) is 1.37. The number of rotatable bonds is 10. The van der Waals surface area contributed by atoms with E-state index in [9.17, 15) is 4.79 Å². The molecule has 0 aliphatic heterocycles. The zero-order valence-electron chi connectivity index (χ0n) is 16.3. The average Bonchev–Trinajstić information content (AvgIpc) is 2.55. The number of carbonyl (C=O) groups is 1. The summed E-state index contributed by atoms with van der Waals surface area (Å²) in [6.45, 7) is 11.6. The van der Waals surface area contributed by atoms with Gasteiger partial charge in [-0.1, -0.05) is 39.5 Å². The van der Waals surface area contributed by atoms with Crippen molar-refractivity contribution < 1.29 is 9.53 Å². The second kappa shape index (κ2) is 13.0. The maximum absolute atomic E-state index is 10.6. The van der Waals surface area contributed by atoms with Crippen molar-refractivity contribution in [2.24, 2.45) is 11.3 Å². The molecular weight excluding hydrogens is 334 g/mol. The molecule has 0 amide bonds. The molecular formula is C21H32ClNO2. The van der Waals surface area contributed by atoms with Crippen LogP contribution in [0.4, 0.5) is 0 Å². The monoisotopic (exact) mass is 365 g/mol. The Morgan fingerprint density at radius 1 is 1.28 bits per heavy atom. The molecule has 0 aliphatic carbocycles. The molecule has 0 saturated heterocycles. The zero-order chi connectivity index (χ0) is 19.3. The van der Waals surface area contributed by atoms with Gasteiger partial charge in [0.1, 0.15) is 6.29 Å². The number of carbonyl (C=O) groups excluding carboxylic acids is 1. The molecule has 25 heavy (non-hydrogen) atoms. The van der Waals surface area contributed by atoms with Crippen LogP contribution in [0.15, 0.2) is 11.1 Å². The van der Waals surface area contributed by atoms with Gasteiger partial charge in [0.05, 0.1) is 12.2 Å². The molecule has 1 unspecified atom stereocenters. The Kier molecular flexibility index (Phi) is 12.3. The summed E-state index contributed by atoms with van der Waals surface area (Å²) in [4.78, 5) is 10.6. The van der Waals surface area contributed by atoms with Crippen LogP contribution >= 0.6 is 11.6 Å². The summed E-state index contributed by atoms with van der Waals surface area (Å²) in [5, 5.41) is 9.04. The van der Waals surface area contributed by atoms with Crippen molar-refractivity contribution in [3.05, 3.63) is 11.1 Å². The molecule has 140 valence electrons. The number of nitriles is 1. The van der Waals surface area contributed by atoms with E-state index in [2.05, 4.69) is 46.5 Å². The van der Waals surface area contributed by atoms with E-state index in [1.807, 2.05) is 6.07 Å². The topological polar surface area (TPSA) is 50.1 Å².